The first-order valence-electron chi connectivity index (χ1n) is 6.13. The Morgan fingerprint density at radius 2 is 1.95 bits per heavy atom. The van der Waals surface area contributed by atoms with Crippen molar-refractivity contribution in [2.75, 3.05) is 12.4 Å². The molecule has 0 saturated carbocycles. The van der Waals surface area contributed by atoms with Crippen molar-refractivity contribution in [3.8, 4) is 0 Å². The van der Waals surface area contributed by atoms with Crippen molar-refractivity contribution >= 4 is 17.5 Å². The number of hydrogen-bond donors (Lipinski definition) is 3. The standard InChI is InChI=1S/C13H16F3N3O2/c1-7(5-11(17)20)19-12(21)8-3-4-10(18-2)9(6-8)13(14,15)16/h3-4,6-7,18H,5H2,1-2H3,(H2,17,20)(H,19,21). The molecule has 21 heavy (non-hydrogen) atoms. The molecule has 1 aromatic carbocycles. The van der Waals surface area contributed by atoms with Gasteiger partial charge in [0.25, 0.3) is 5.91 Å². The van der Waals surface area contributed by atoms with E-state index in [-0.39, 0.29) is 17.7 Å². The van der Waals surface area contributed by atoms with Crippen molar-refractivity contribution in [3.05, 3.63) is 29.3 Å². The Morgan fingerprint density at radius 3 is 2.43 bits per heavy atom. The number of primary amides is 1. The first-order chi connectivity index (χ1) is 9.65. The van der Waals surface area contributed by atoms with Crippen LogP contribution in [-0.4, -0.2) is 24.9 Å². The lowest BCUT2D eigenvalue weighted by Gasteiger charge is -2.16. The number of amides is 2. The largest absolute Gasteiger partial charge is 0.418 e. The minimum atomic E-state index is -4.58. The number of benzene rings is 1. The normalized spacial score (nSPS) is 12.6. The Balaban J connectivity index is 2.98. The van der Waals surface area contributed by atoms with Crippen LogP contribution in [0.15, 0.2) is 18.2 Å². The van der Waals surface area contributed by atoms with E-state index in [1.165, 1.54) is 26.1 Å². The molecule has 1 aromatic rings. The van der Waals surface area contributed by atoms with Gasteiger partial charge in [0.15, 0.2) is 0 Å². The Kier molecular flexibility index (Phi) is 5.17. The smallest absolute Gasteiger partial charge is 0.388 e. The third-order valence-electron chi connectivity index (χ3n) is 2.74. The second kappa shape index (κ2) is 6.47. The maximum Gasteiger partial charge on any atom is 0.418 e. The summed E-state index contributed by atoms with van der Waals surface area (Å²) in [7, 11) is 1.36. The van der Waals surface area contributed by atoms with Gasteiger partial charge in [0.1, 0.15) is 0 Å². The van der Waals surface area contributed by atoms with Crippen molar-refractivity contribution in [1.82, 2.24) is 5.32 Å². The molecule has 0 fully saturated rings. The number of hydrogen-bond acceptors (Lipinski definition) is 3. The van der Waals surface area contributed by atoms with E-state index in [0.717, 1.165) is 6.07 Å². The summed E-state index contributed by atoms with van der Waals surface area (Å²) in [6.45, 7) is 1.54. The average molecular weight is 303 g/mol. The monoisotopic (exact) mass is 303 g/mol. The second-order valence-corrected chi connectivity index (χ2v) is 4.55. The minimum Gasteiger partial charge on any atom is -0.388 e. The summed E-state index contributed by atoms with van der Waals surface area (Å²) in [6.07, 6.45) is -4.67. The van der Waals surface area contributed by atoms with E-state index in [1.807, 2.05) is 0 Å². The number of anilines is 1. The van der Waals surface area contributed by atoms with Gasteiger partial charge in [0.2, 0.25) is 5.91 Å². The molecule has 2 amide bonds. The van der Waals surface area contributed by atoms with Gasteiger partial charge in [-0.05, 0) is 25.1 Å². The molecule has 0 aliphatic heterocycles. The highest BCUT2D eigenvalue weighted by molar-refractivity contribution is 5.95. The van der Waals surface area contributed by atoms with Gasteiger partial charge in [-0.15, -0.1) is 0 Å². The number of rotatable bonds is 5. The van der Waals surface area contributed by atoms with E-state index in [9.17, 15) is 22.8 Å². The molecule has 0 aliphatic carbocycles. The fourth-order valence-corrected chi connectivity index (χ4v) is 1.80. The number of nitrogens with two attached hydrogens (primary N) is 1. The third kappa shape index (κ3) is 4.66. The molecule has 0 bridgehead atoms. The zero-order valence-electron chi connectivity index (χ0n) is 11.5. The summed E-state index contributed by atoms with van der Waals surface area (Å²) < 4.78 is 38.6. The van der Waals surface area contributed by atoms with E-state index in [0.29, 0.717) is 0 Å². The average Bonchev–Trinajstić information content (AvgIpc) is 2.35. The molecule has 5 nitrogen and oxygen atoms in total. The van der Waals surface area contributed by atoms with Gasteiger partial charge < -0.3 is 16.4 Å². The lowest BCUT2D eigenvalue weighted by molar-refractivity contribution is -0.137. The molecule has 1 atom stereocenters. The quantitative estimate of drug-likeness (QED) is 0.774. The van der Waals surface area contributed by atoms with Crippen LogP contribution in [-0.2, 0) is 11.0 Å². The van der Waals surface area contributed by atoms with E-state index in [2.05, 4.69) is 10.6 Å². The predicted octanol–water partition coefficient (Wildman–Crippen LogP) is 1.74. The molecule has 0 spiro atoms. The summed E-state index contributed by atoms with van der Waals surface area (Å²) in [4.78, 5) is 22.6. The van der Waals surface area contributed by atoms with E-state index in [4.69, 9.17) is 5.73 Å². The highest BCUT2D eigenvalue weighted by Crippen LogP contribution is 2.35. The van der Waals surface area contributed by atoms with Gasteiger partial charge in [-0.1, -0.05) is 0 Å². The van der Waals surface area contributed by atoms with Gasteiger partial charge in [0, 0.05) is 30.8 Å². The zero-order valence-corrected chi connectivity index (χ0v) is 11.5. The van der Waals surface area contributed by atoms with Gasteiger partial charge >= 0.3 is 6.18 Å². The van der Waals surface area contributed by atoms with Crippen molar-refractivity contribution in [2.24, 2.45) is 5.73 Å². The summed E-state index contributed by atoms with van der Waals surface area (Å²) >= 11 is 0. The van der Waals surface area contributed by atoms with Crippen molar-refractivity contribution in [3.63, 3.8) is 0 Å². The molecule has 0 aromatic heterocycles. The van der Waals surface area contributed by atoms with Crippen LogP contribution in [0.1, 0.15) is 29.3 Å². The lowest BCUT2D eigenvalue weighted by Crippen LogP contribution is -2.35. The molecule has 4 N–H and O–H groups in total. The fourth-order valence-electron chi connectivity index (χ4n) is 1.80. The summed E-state index contributed by atoms with van der Waals surface area (Å²) in [5.41, 5.74) is 3.79. The summed E-state index contributed by atoms with van der Waals surface area (Å²) in [5.74, 6) is -1.30. The van der Waals surface area contributed by atoms with Crippen molar-refractivity contribution in [2.45, 2.75) is 25.6 Å². The molecule has 0 radical (unpaired) electrons. The summed E-state index contributed by atoms with van der Waals surface area (Å²) in [6, 6.07) is 2.65. The van der Waals surface area contributed by atoms with Crippen LogP contribution in [0.2, 0.25) is 0 Å². The van der Waals surface area contributed by atoms with E-state index < -0.39 is 29.6 Å². The van der Waals surface area contributed by atoms with Gasteiger partial charge in [-0.3, -0.25) is 9.59 Å². The Bertz CT molecular complexity index is 544. The Labute approximate surface area is 119 Å². The number of nitrogens with one attached hydrogen (secondary N) is 2. The predicted molar refractivity (Wildman–Crippen MR) is 71.7 cm³/mol. The maximum atomic E-state index is 12.9. The molecule has 1 rings (SSSR count). The topological polar surface area (TPSA) is 84.2 Å². The Morgan fingerprint density at radius 1 is 1.33 bits per heavy atom. The van der Waals surface area contributed by atoms with Crippen LogP contribution in [0.4, 0.5) is 18.9 Å². The summed E-state index contributed by atoms with van der Waals surface area (Å²) in [5, 5.41) is 4.84. The van der Waals surface area contributed by atoms with Crippen LogP contribution in [0, 0.1) is 0 Å². The highest BCUT2D eigenvalue weighted by Gasteiger charge is 2.34. The van der Waals surface area contributed by atoms with Crippen LogP contribution in [0.5, 0.6) is 0 Å². The minimum absolute atomic E-state index is 0.0908. The maximum absolute atomic E-state index is 12.9. The molecule has 0 aliphatic rings. The first-order valence-corrected chi connectivity index (χ1v) is 6.13. The third-order valence-corrected chi connectivity index (χ3v) is 2.74. The van der Waals surface area contributed by atoms with E-state index in [1.54, 1.807) is 0 Å². The molecule has 0 heterocycles. The van der Waals surface area contributed by atoms with Crippen LogP contribution in [0.25, 0.3) is 0 Å². The molecular weight excluding hydrogens is 287 g/mol. The molecule has 1 unspecified atom stereocenters. The van der Waals surface area contributed by atoms with Crippen LogP contribution >= 0.6 is 0 Å². The second-order valence-electron chi connectivity index (χ2n) is 4.55. The lowest BCUT2D eigenvalue weighted by atomic mass is 10.1. The number of alkyl halides is 3. The highest BCUT2D eigenvalue weighted by atomic mass is 19.4. The number of halogens is 3. The van der Waals surface area contributed by atoms with Crippen molar-refractivity contribution < 1.29 is 22.8 Å². The first kappa shape index (κ1) is 16.8. The zero-order chi connectivity index (χ0) is 16.2. The Hall–Kier alpha value is -2.25. The fraction of sp³-hybridized carbons (Fsp3) is 0.385. The van der Waals surface area contributed by atoms with Gasteiger partial charge in [0.05, 0.1) is 5.56 Å². The number of carbonyl (C=O) groups is 2. The molecule has 116 valence electrons. The van der Waals surface area contributed by atoms with Gasteiger partial charge in [-0.2, -0.15) is 13.2 Å². The number of carbonyl (C=O) groups excluding carboxylic acids is 2. The van der Waals surface area contributed by atoms with Crippen LogP contribution < -0.4 is 16.4 Å². The van der Waals surface area contributed by atoms with Crippen LogP contribution in [0.3, 0.4) is 0 Å². The van der Waals surface area contributed by atoms with Crippen molar-refractivity contribution in [1.29, 1.82) is 0 Å². The van der Waals surface area contributed by atoms with Gasteiger partial charge in [-0.25, -0.2) is 0 Å². The van der Waals surface area contributed by atoms with E-state index >= 15 is 0 Å². The SMILES string of the molecule is CNc1ccc(C(=O)NC(C)CC(N)=O)cc1C(F)(F)F. The molecule has 0 saturated heterocycles. The molecular formula is C13H16F3N3O2. The molecule has 8 heteroatoms.